The molecule has 0 saturated carbocycles. The summed E-state index contributed by atoms with van der Waals surface area (Å²) in [5, 5.41) is 3.03. The van der Waals surface area contributed by atoms with E-state index < -0.39 is 0 Å². The molecule has 0 aromatic carbocycles. The van der Waals surface area contributed by atoms with Crippen LogP contribution in [0.25, 0.3) is 0 Å². The van der Waals surface area contributed by atoms with Crippen LogP contribution in [0.2, 0.25) is 0 Å². The maximum absolute atomic E-state index is 11.9. The summed E-state index contributed by atoms with van der Waals surface area (Å²) < 4.78 is 0. The molecule has 4 heteroatoms. The fourth-order valence-electron chi connectivity index (χ4n) is 2.72. The molecule has 19 heavy (non-hydrogen) atoms. The summed E-state index contributed by atoms with van der Waals surface area (Å²) in [5.74, 6) is 1.05. The summed E-state index contributed by atoms with van der Waals surface area (Å²) in [6.07, 6.45) is 3.20. The number of likely N-dealkylation sites (tertiary alicyclic amines) is 1. The predicted octanol–water partition coefficient (Wildman–Crippen LogP) is 1.60. The molecule has 0 spiro atoms. The highest BCUT2D eigenvalue weighted by Gasteiger charge is 2.23. The van der Waals surface area contributed by atoms with Crippen molar-refractivity contribution in [3.8, 4) is 0 Å². The van der Waals surface area contributed by atoms with Crippen LogP contribution in [0.1, 0.15) is 47.0 Å². The van der Waals surface area contributed by atoms with Crippen LogP contribution >= 0.6 is 0 Å². The second-order valence-electron chi connectivity index (χ2n) is 6.58. The van der Waals surface area contributed by atoms with Crippen molar-refractivity contribution in [2.45, 2.75) is 59.0 Å². The molecule has 1 heterocycles. The van der Waals surface area contributed by atoms with Crippen LogP contribution in [0.3, 0.4) is 0 Å². The first-order valence-electron chi connectivity index (χ1n) is 7.67. The van der Waals surface area contributed by atoms with Crippen LogP contribution < -0.4 is 11.1 Å². The number of carbonyl (C=O) groups is 1. The molecule has 1 rings (SSSR count). The Bertz CT molecular complexity index is 279. The summed E-state index contributed by atoms with van der Waals surface area (Å²) in [6.45, 7) is 11.7. The van der Waals surface area contributed by atoms with Crippen molar-refractivity contribution >= 4 is 5.91 Å². The Morgan fingerprint density at radius 3 is 2.63 bits per heavy atom. The second kappa shape index (κ2) is 7.85. The molecule has 1 unspecified atom stereocenters. The highest BCUT2D eigenvalue weighted by Crippen LogP contribution is 2.17. The average molecular weight is 269 g/mol. The molecule has 1 aliphatic heterocycles. The molecular weight excluding hydrogens is 238 g/mol. The molecule has 0 aromatic rings. The van der Waals surface area contributed by atoms with Gasteiger partial charge in [-0.2, -0.15) is 0 Å². The molecule has 1 amide bonds. The highest BCUT2D eigenvalue weighted by atomic mass is 16.2. The van der Waals surface area contributed by atoms with Gasteiger partial charge in [0.15, 0.2) is 0 Å². The molecule has 1 saturated heterocycles. The highest BCUT2D eigenvalue weighted by molar-refractivity contribution is 5.81. The SMILES string of the molecule is CC(C)C[C@H](N)C(=O)NCC1CCCN(C(C)C)C1. The number of carbonyl (C=O) groups excluding carboxylic acids is 1. The quantitative estimate of drug-likeness (QED) is 0.770. The Morgan fingerprint density at radius 1 is 1.37 bits per heavy atom. The zero-order valence-corrected chi connectivity index (χ0v) is 13.0. The van der Waals surface area contributed by atoms with Gasteiger partial charge in [0.1, 0.15) is 0 Å². The van der Waals surface area contributed by atoms with Crippen LogP contribution in [-0.4, -0.2) is 42.5 Å². The fourth-order valence-corrected chi connectivity index (χ4v) is 2.72. The van der Waals surface area contributed by atoms with Gasteiger partial charge in [-0.05, 0) is 51.5 Å². The van der Waals surface area contributed by atoms with Gasteiger partial charge in [0.25, 0.3) is 0 Å². The van der Waals surface area contributed by atoms with Crippen LogP contribution in [0.4, 0.5) is 0 Å². The summed E-state index contributed by atoms with van der Waals surface area (Å²) in [5.41, 5.74) is 5.89. The lowest BCUT2D eigenvalue weighted by Gasteiger charge is -2.35. The van der Waals surface area contributed by atoms with Crippen molar-refractivity contribution in [3.63, 3.8) is 0 Å². The van der Waals surface area contributed by atoms with E-state index in [0.29, 0.717) is 17.9 Å². The number of amides is 1. The van der Waals surface area contributed by atoms with E-state index in [1.807, 2.05) is 0 Å². The Balaban J connectivity index is 2.29. The van der Waals surface area contributed by atoms with E-state index in [0.717, 1.165) is 19.5 Å². The van der Waals surface area contributed by atoms with Gasteiger partial charge in [0, 0.05) is 19.1 Å². The number of nitrogens with zero attached hydrogens (tertiary/aromatic N) is 1. The lowest BCUT2D eigenvalue weighted by atomic mass is 9.96. The van der Waals surface area contributed by atoms with E-state index in [9.17, 15) is 4.79 Å². The molecule has 3 N–H and O–H groups in total. The lowest BCUT2D eigenvalue weighted by Crippen LogP contribution is -2.47. The van der Waals surface area contributed by atoms with Crippen LogP contribution in [-0.2, 0) is 4.79 Å². The smallest absolute Gasteiger partial charge is 0.236 e. The van der Waals surface area contributed by atoms with Gasteiger partial charge in [0.05, 0.1) is 6.04 Å². The van der Waals surface area contributed by atoms with Gasteiger partial charge < -0.3 is 16.0 Å². The molecule has 112 valence electrons. The Labute approximate surface area is 118 Å². The monoisotopic (exact) mass is 269 g/mol. The first-order valence-corrected chi connectivity index (χ1v) is 7.67. The first kappa shape index (κ1) is 16.4. The number of piperidine rings is 1. The number of hydrogen-bond acceptors (Lipinski definition) is 3. The van der Waals surface area contributed by atoms with E-state index in [-0.39, 0.29) is 11.9 Å². The molecule has 0 aliphatic carbocycles. The summed E-state index contributed by atoms with van der Waals surface area (Å²) in [4.78, 5) is 14.4. The van der Waals surface area contributed by atoms with E-state index in [1.54, 1.807) is 0 Å². The molecule has 1 fully saturated rings. The fraction of sp³-hybridized carbons (Fsp3) is 0.933. The molecule has 4 nitrogen and oxygen atoms in total. The van der Waals surface area contributed by atoms with Gasteiger partial charge in [-0.25, -0.2) is 0 Å². The van der Waals surface area contributed by atoms with Crippen molar-refractivity contribution in [3.05, 3.63) is 0 Å². The van der Waals surface area contributed by atoms with Crippen molar-refractivity contribution in [1.82, 2.24) is 10.2 Å². The standard InChI is InChI=1S/C15H31N3O/c1-11(2)8-14(16)15(19)17-9-13-6-5-7-18(10-13)12(3)4/h11-14H,5-10,16H2,1-4H3,(H,17,19)/t13?,14-/m0/s1. The van der Waals surface area contributed by atoms with Gasteiger partial charge in [-0.3, -0.25) is 4.79 Å². The molecule has 0 radical (unpaired) electrons. The van der Waals surface area contributed by atoms with Crippen LogP contribution in [0.5, 0.6) is 0 Å². The van der Waals surface area contributed by atoms with Gasteiger partial charge in [-0.1, -0.05) is 13.8 Å². The number of rotatable bonds is 6. The largest absolute Gasteiger partial charge is 0.354 e. The first-order chi connectivity index (χ1) is 8.90. The van der Waals surface area contributed by atoms with E-state index in [1.165, 1.54) is 19.4 Å². The minimum Gasteiger partial charge on any atom is -0.354 e. The average Bonchev–Trinajstić information content (AvgIpc) is 2.35. The van der Waals surface area contributed by atoms with Gasteiger partial charge in [0.2, 0.25) is 5.91 Å². The molecule has 0 aromatic heterocycles. The maximum atomic E-state index is 11.9. The van der Waals surface area contributed by atoms with Crippen molar-refractivity contribution in [2.75, 3.05) is 19.6 Å². The predicted molar refractivity (Wildman–Crippen MR) is 79.9 cm³/mol. The zero-order valence-electron chi connectivity index (χ0n) is 13.0. The Kier molecular flexibility index (Phi) is 6.80. The Morgan fingerprint density at radius 2 is 2.05 bits per heavy atom. The molecule has 2 atom stereocenters. The van der Waals surface area contributed by atoms with Gasteiger partial charge in [-0.15, -0.1) is 0 Å². The maximum Gasteiger partial charge on any atom is 0.236 e. The normalized spacial score (nSPS) is 22.8. The zero-order chi connectivity index (χ0) is 14.4. The Hall–Kier alpha value is -0.610. The summed E-state index contributed by atoms with van der Waals surface area (Å²) in [7, 11) is 0. The van der Waals surface area contributed by atoms with Crippen molar-refractivity contribution < 1.29 is 4.79 Å². The number of nitrogens with one attached hydrogen (secondary N) is 1. The van der Waals surface area contributed by atoms with E-state index in [4.69, 9.17) is 5.73 Å². The molecule has 0 bridgehead atoms. The topological polar surface area (TPSA) is 58.4 Å². The summed E-state index contributed by atoms with van der Waals surface area (Å²) in [6, 6.07) is 0.242. The summed E-state index contributed by atoms with van der Waals surface area (Å²) >= 11 is 0. The van der Waals surface area contributed by atoms with E-state index >= 15 is 0 Å². The van der Waals surface area contributed by atoms with Crippen LogP contribution in [0, 0.1) is 11.8 Å². The van der Waals surface area contributed by atoms with Crippen molar-refractivity contribution in [2.24, 2.45) is 17.6 Å². The minimum absolute atomic E-state index is 0.00960. The number of nitrogens with two attached hydrogens (primary N) is 1. The van der Waals surface area contributed by atoms with E-state index in [2.05, 4.69) is 37.9 Å². The third-order valence-electron chi connectivity index (χ3n) is 3.91. The molecule has 1 aliphatic rings. The minimum atomic E-state index is -0.357. The third-order valence-corrected chi connectivity index (χ3v) is 3.91. The van der Waals surface area contributed by atoms with Crippen molar-refractivity contribution in [1.29, 1.82) is 0 Å². The second-order valence-corrected chi connectivity index (χ2v) is 6.58. The van der Waals surface area contributed by atoms with Gasteiger partial charge >= 0.3 is 0 Å². The van der Waals surface area contributed by atoms with Crippen LogP contribution in [0.15, 0.2) is 0 Å². The lowest BCUT2D eigenvalue weighted by molar-refractivity contribution is -0.123. The number of hydrogen-bond donors (Lipinski definition) is 2. The third kappa shape index (κ3) is 5.91. The molecular formula is C15H31N3O.